The van der Waals surface area contributed by atoms with Crippen LogP contribution in [0.25, 0.3) is 0 Å². The van der Waals surface area contributed by atoms with Crippen LogP contribution in [0.5, 0.6) is 0 Å². The van der Waals surface area contributed by atoms with Crippen LogP contribution >= 0.6 is 7.82 Å². The molecule has 0 saturated carbocycles. The summed E-state index contributed by atoms with van der Waals surface area (Å²) in [6, 6.07) is 0. The Hall–Kier alpha value is -3.08. The Balaban J connectivity index is 4.69. The quantitative estimate of drug-likeness (QED) is 0.0197. The van der Waals surface area contributed by atoms with E-state index in [0.717, 1.165) is 128 Å². The molecule has 3 unspecified atom stereocenters. The van der Waals surface area contributed by atoms with Gasteiger partial charge in [0.1, 0.15) is 12.7 Å². The summed E-state index contributed by atoms with van der Waals surface area (Å²) in [5.41, 5.74) is 0. The summed E-state index contributed by atoms with van der Waals surface area (Å²) in [6.07, 6.45) is 54.4. The van der Waals surface area contributed by atoms with Crippen molar-refractivity contribution in [3.05, 3.63) is 72.9 Å². The van der Waals surface area contributed by atoms with E-state index >= 15 is 0 Å². The van der Waals surface area contributed by atoms with Crippen molar-refractivity contribution in [1.29, 1.82) is 0 Å². The van der Waals surface area contributed by atoms with E-state index < -0.39 is 57.8 Å². The van der Waals surface area contributed by atoms with Gasteiger partial charge in [0.25, 0.3) is 0 Å². The Kier molecular flexibility index (Phi) is 48.0. The highest BCUT2D eigenvalue weighted by molar-refractivity contribution is 7.47. The lowest BCUT2D eigenvalue weighted by Crippen LogP contribution is -2.30. The van der Waals surface area contributed by atoms with Crippen LogP contribution < -0.4 is 0 Å². The van der Waals surface area contributed by atoms with Crippen LogP contribution in [0.2, 0.25) is 0 Å². The van der Waals surface area contributed by atoms with Crippen LogP contribution in [0, 0.1) is 0 Å². The van der Waals surface area contributed by atoms with Gasteiger partial charge in [0.15, 0.2) is 6.10 Å². The van der Waals surface area contributed by atoms with E-state index in [1.54, 1.807) is 0 Å². The molecule has 0 fully saturated rings. The fourth-order valence-electron chi connectivity index (χ4n) is 7.09. The lowest BCUT2D eigenvalue weighted by atomic mass is 10.1. The minimum atomic E-state index is -4.75. The molecular formula is C56H97O11P. The number of phosphoric acid groups is 1. The van der Waals surface area contributed by atoms with Gasteiger partial charge in [-0.05, 0) is 83.5 Å². The third-order valence-electron chi connectivity index (χ3n) is 11.1. The van der Waals surface area contributed by atoms with E-state index in [1.807, 2.05) is 0 Å². The number of carbonyl (C=O) groups is 3. The number of rotatable bonds is 49. The van der Waals surface area contributed by atoms with Crippen molar-refractivity contribution in [2.45, 2.75) is 238 Å². The van der Waals surface area contributed by atoms with E-state index in [1.165, 1.54) is 38.5 Å². The van der Waals surface area contributed by atoms with Gasteiger partial charge < -0.3 is 24.2 Å². The number of ether oxygens (including phenoxy) is 3. The first-order valence-corrected chi connectivity index (χ1v) is 28.3. The number of hydrogen-bond acceptors (Lipinski definition) is 10. The van der Waals surface area contributed by atoms with Crippen molar-refractivity contribution < 1.29 is 52.2 Å². The molecule has 0 heterocycles. The fraction of sp³-hybridized carbons (Fsp3) is 0.732. The van der Waals surface area contributed by atoms with Crippen molar-refractivity contribution in [3.8, 4) is 0 Å². The Morgan fingerprint density at radius 1 is 0.426 bits per heavy atom. The molecule has 0 aliphatic heterocycles. The zero-order chi connectivity index (χ0) is 49.9. The number of aliphatic hydroxyl groups excluding tert-OH is 1. The predicted octanol–water partition coefficient (Wildman–Crippen LogP) is 15.4. The number of phosphoric ester groups is 1. The smallest absolute Gasteiger partial charge is 0.462 e. The van der Waals surface area contributed by atoms with Gasteiger partial charge in [0.2, 0.25) is 0 Å². The molecule has 0 aromatic heterocycles. The van der Waals surface area contributed by atoms with E-state index in [2.05, 4.69) is 93.7 Å². The van der Waals surface area contributed by atoms with Crippen molar-refractivity contribution in [2.75, 3.05) is 26.4 Å². The average Bonchev–Trinajstić information content (AvgIpc) is 3.32. The number of unbranched alkanes of at least 4 members (excludes halogenated alkanes) is 20. The molecule has 0 aromatic carbocycles. The zero-order valence-corrected chi connectivity index (χ0v) is 43.9. The monoisotopic (exact) mass is 977 g/mol. The van der Waals surface area contributed by atoms with Gasteiger partial charge in [0, 0.05) is 19.3 Å². The second-order valence-electron chi connectivity index (χ2n) is 17.6. The first kappa shape index (κ1) is 64.9. The van der Waals surface area contributed by atoms with Gasteiger partial charge in [0.05, 0.1) is 19.8 Å². The van der Waals surface area contributed by atoms with Crippen molar-refractivity contribution in [1.82, 2.24) is 0 Å². The molecule has 3 atom stereocenters. The molecule has 11 nitrogen and oxygen atoms in total. The summed E-state index contributed by atoms with van der Waals surface area (Å²) in [7, 11) is -4.75. The maximum absolute atomic E-state index is 12.8. The minimum absolute atomic E-state index is 0.154. The third-order valence-corrected chi connectivity index (χ3v) is 12.1. The van der Waals surface area contributed by atoms with E-state index in [-0.39, 0.29) is 25.9 Å². The second-order valence-corrected chi connectivity index (χ2v) is 19.1. The highest BCUT2D eigenvalue weighted by atomic mass is 31.2. The average molecular weight is 977 g/mol. The molecule has 0 saturated heterocycles. The van der Waals surface area contributed by atoms with Crippen LogP contribution in [-0.2, 0) is 42.2 Å². The largest absolute Gasteiger partial charge is 0.472 e. The van der Waals surface area contributed by atoms with Crippen LogP contribution in [0.3, 0.4) is 0 Å². The number of allylic oxidation sites excluding steroid dienone is 12. The van der Waals surface area contributed by atoms with Crippen LogP contribution in [0.1, 0.15) is 226 Å². The predicted molar refractivity (Wildman–Crippen MR) is 279 cm³/mol. The summed E-state index contributed by atoms with van der Waals surface area (Å²) in [4.78, 5) is 48.3. The molecule has 0 radical (unpaired) electrons. The molecule has 0 spiro atoms. The summed E-state index contributed by atoms with van der Waals surface area (Å²) >= 11 is 0. The van der Waals surface area contributed by atoms with Crippen molar-refractivity contribution in [2.24, 2.45) is 0 Å². The maximum Gasteiger partial charge on any atom is 0.472 e. The highest BCUT2D eigenvalue weighted by Crippen LogP contribution is 2.43. The first-order chi connectivity index (χ1) is 33.2. The Morgan fingerprint density at radius 2 is 0.765 bits per heavy atom. The SMILES string of the molecule is CC/C=C\C/C=C\C/C=C\CCCCCCCCCC(=O)OC(COC(=O)CCCCCCCCCCC)COP(=O)(O)OCC(CO)OC(=O)CCCCCCC/C=C\C/C=C\C/C=C\CC. The molecule has 392 valence electrons. The van der Waals surface area contributed by atoms with Crippen LogP contribution in [-0.4, -0.2) is 66.5 Å². The van der Waals surface area contributed by atoms with Crippen LogP contribution in [0.4, 0.5) is 0 Å². The van der Waals surface area contributed by atoms with Crippen molar-refractivity contribution in [3.63, 3.8) is 0 Å². The standard InChI is InChI=1S/C56H97O11P/c1-4-7-10-13-16-19-21-23-25-26-28-30-32-35-38-41-44-47-56(60)67-53(49-63-54(58)45-42-39-36-33-18-15-12-9-6-3)51-65-68(61,62)64-50-52(48-57)66-55(59)46-43-40-37-34-31-29-27-24-22-20-17-14-11-8-5-2/h7-8,10-11,16-17,19-20,23-25,27,52-53,57H,4-6,9,12-15,18,21-22,26,28-51H2,1-3H3,(H,61,62)/b10-7-,11-8-,19-16-,20-17-,25-23-,27-24-. The number of esters is 3. The molecule has 2 N–H and O–H groups in total. The van der Waals surface area contributed by atoms with E-state index in [9.17, 15) is 28.9 Å². The molecule has 0 bridgehead atoms. The molecule has 0 amide bonds. The Labute approximate surface area is 414 Å². The number of carbonyl (C=O) groups excluding carboxylic acids is 3. The van der Waals surface area contributed by atoms with Gasteiger partial charge in [-0.25, -0.2) is 4.57 Å². The van der Waals surface area contributed by atoms with Gasteiger partial charge in [-0.3, -0.25) is 23.4 Å². The summed E-state index contributed by atoms with van der Waals surface area (Å²) in [6.45, 7) is 4.36. The highest BCUT2D eigenvalue weighted by Gasteiger charge is 2.28. The molecule has 12 heteroatoms. The number of hydrogen-bond donors (Lipinski definition) is 2. The van der Waals surface area contributed by atoms with Crippen molar-refractivity contribution >= 4 is 25.7 Å². The van der Waals surface area contributed by atoms with Gasteiger partial charge in [-0.15, -0.1) is 0 Å². The molecule has 0 aromatic rings. The zero-order valence-electron chi connectivity index (χ0n) is 43.1. The first-order valence-electron chi connectivity index (χ1n) is 26.8. The second kappa shape index (κ2) is 50.3. The lowest BCUT2D eigenvalue weighted by molar-refractivity contribution is -0.161. The Bertz CT molecular complexity index is 1420. The fourth-order valence-corrected chi connectivity index (χ4v) is 7.87. The summed E-state index contributed by atoms with van der Waals surface area (Å²) in [5.74, 6) is -1.49. The topological polar surface area (TPSA) is 155 Å². The summed E-state index contributed by atoms with van der Waals surface area (Å²) < 4.78 is 39.3. The molecule has 0 rings (SSSR count). The van der Waals surface area contributed by atoms with E-state index in [0.29, 0.717) is 19.3 Å². The molecular weight excluding hydrogens is 880 g/mol. The van der Waals surface area contributed by atoms with E-state index in [4.69, 9.17) is 23.3 Å². The lowest BCUT2D eigenvalue weighted by Gasteiger charge is -2.21. The van der Waals surface area contributed by atoms with Gasteiger partial charge >= 0.3 is 25.7 Å². The molecule has 0 aliphatic rings. The van der Waals surface area contributed by atoms with Crippen LogP contribution in [0.15, 0.2) is 72.9 Å². The van der Waals surface area contributed by atoms with Gasteiger partial charge in [-0.2, -0.15) is 0 Å². The minimum Gasteiger partial charge on any atom is -0.462 e. The normalized spacial score (nSPS) is 14.0. The van der Waals surface area contributed by atoms with Gasteiger partial charge in [-0.1, -0.05) is 196 Å². The summed E-state index contributed by atoms with van der Waals surface area (Å²) in [5, 5.41) is 9.78. The number of aliphatic hydroxyl groups is 1. The molecule has 68 heavy (non-hydrogen) atoms. The maximum atomic E-state index is 12.8. The Morgan fingerprint density at radius 3 is 1.18 bits per heavy atom. The third kappa shape index (κ3) is 48.0. The molecule has 0 aliphatic carbocycles.